The van der Waals surface area contributed by atoms with Gasteiger partial charge in [0, 0.05) is 5.56 Å². The number of ether oxygens (including phenoxy) is 1. The summed E-state index contributed by atoms with van der Waals surface area (Å²) in [6.45, 7) is 2.09. The second-order valence-electron chi connectivity index (χ2n) is 3.38. The number of benzene rings is 1. The number of aryl methyl sites for hydroxylation is 1. The van der Waals surface area contributed by atoms with Gasteiger partial charge in [-0.25, -0.2) is 0 Å². The number of anilines is 1. The Balaban J connectivity index is 2.48. The zero-order valence-electron chi connectivity index (χ0n) is 9.23. The highest BCUT2D eigenvalue weighted by Gasteiger charge is 2.09. The Hall–Kier alpha value is -1.62. The molecule has 84 valence electrons. The standard InChI is InChI=1S/C11H13N3OS/c1-3-7-6-8(4-5-9(7)15-2)10-11(12)14-16-13-10/h4-6H,3H2,1-2H3,(H2,12,14). The molecule has 1 heterocycles. The minimum atomic E-state index is 0.484. The first-order valence-corrected chi connectivity index (χ1v) is 5.74. The van der Waals surface area contributed by atoms with Crippen LogP contribution in [0.4, 0.5) is 5.82 Å². The molecule has 0 bridgehead atoms. The van der Waals surface area contributed by atoms with Gasteiger partial charge in [-0.3, -0.25) is 0 Å². The number of nitrogen functional groups attached to an aromatic ring is 1. The van der Waals surface area contributed by atoms with Crippen LogP contribution in [-0.4, -0.2) is 15.9 Å². The smallest absolute Gasteiger partial charge is 0.165 e. The second kappa shape index (κ2) is 4.49. The lowest BCUT2D eigenvalue weighted by Crippen LogP contribution is -1.93. The maximum absolute atomic E-state index is 5.74. The van der Waals surface area contributed by atoms with Crippen molar-refractivity contribution in [3.8, 4) is 17.0 Å². The molecule has 4 nitrogen and oxygen atoms in total. The van der Waals surface area contributed by atoms with Gasteiger partial charge in [-0.15, -0.1) is 0 Å². The summed E-state index contributed by atoms with van der Waals surface area (Å²) in [7, 11) is 1.67. The maximum atomic E-state index is 5.74. The predicted octanol–water partition coefficient (Wildman–Crippen LogP) is 2.36. The summed E-state index contributed by atoms with van der Waals surface area (Å²) in [4.78, 5) is 0. The molecule has 2 aromatic rings. The van der Waals surface area contributed by atoms with E-state index in [1.807, 2.05) is 18.2 Å². The molecule has 0 aliphatic heterocycles. The monoisotopic (exact) mass is 235 g/mol. The van der Waals surface area contributed by atoms with Crippen LogP contribution in [0.1, 0.15) is 12.5 Å². The molecule has 0 saturated heterocycles. The quantitative estimate of drug-likeness (QED) is 0.887. The number of methoxy groups -OCH3 is 1. The van der Waals surface area contributed by atoms with Crippen molar-refractivity contribution in [3.63, 3.8) is 0 Å². The molecule has 5 heteroatoms. The van der Waals surface area contributed by atoms with Crippen LogP contribution >= 0.6 is 11.7 Å². The average molecular weight is 235 g/mol. The van der Waals surface area contributed by atoms with E-state index in [2.05, 4.69) is 15.7 Å². The third kappa shape index (κ3) is 1.86. The zero-order chi connectivity index (χ0) is 11.5. The Morgan fingerprint density at radius 1 is 1.38 bits per heavy atom. The molecule has 0 atom stereocenters. The molecule has 0 radical (unpaired) electrons. The summed E-state index contributed by atoms with van der Waals surface area (Å²) >= 11 is 1.13. The Morgan fingerprint density at radius 2 is 2.19 bits per heavy atom. The van der Waals surface area contributed by atoms with Crippen LogP contribution < -0.4 is 10.5 Å². The fourth-order valence-corrected chi connectivity index (χ4v) is 2.09. The molecule has 0 unspecified atom stereocenters. The Morgan fingerprint density at radius 3 is 2.75 bits per heavy atom. The fraction of sp³-hybridized carbons (Fsp3) is 0.273. The Kier molecular flexibility index (Phi) is 3.05. The van der Waals surface area contributed by atoms with Crippen LogP contribution in [0.15, 0.2) is 18.2 Å². The lowest BCUT2D eigenvalue weighted by Gasteiger charge is -2.08. The third-order valence-corrected chi connectivity index (χ3v) is 2.99. The van der Waals surface area contributed by atoms with Gasteiger partial charge in [0.1, 0.15) is 11.4 Å². The van der Waals surface area contributed by atoms with Gasteiger partial charge in [-0.1, -0.05) is 6.92 Å². The molecule has 0 fully saturated rings. The minimum Gasteiger partial charge on any atom is -0.496 e. The maximum Gasteiger partial charge on any atom is 0.165 e. The molecule has 0 saturated carbocycles. The molecular weight excluding hydrogens is 222 g/mol. The molecule has 1 aromatic heterocycles. The van der Waals surface area contributed by atoms with Gasteiger partial charge >= 0.3 is 0 Å². The lowest BCUT2D eigenvalue weighted by molar-refractivity contribution is 0.410. The Bertz CT molecular complexity index is 496. The van der Waals surface area contributed by atoms with E-state index in [4.69, 9.17) is 10.5 Å². The molecule has 2 rings (SSSR count). The van der Waals surface area contributed by atoms with Gasteiger partial charge in [0.2, 0.25) is 0 Å². The molecular formula is C11H13N3OS. The van der Waals surface area contributed by atoms with E-state index in [0.717, 1.165) is 40.7 Å². The summed E-state index contributed by atoms with van der Waals surface area (Å²) < 4.78 is 13.4. The van der Waals surface area contributed by atoms with E-state index < -0.39 is 0 Å². The highest BCUT2D eigenvalue weighted by atomic mass is 32.1. The van der Waals surface area contributed by atoms with Crippen molar-refractivity contribution < 1.29 is 4.74 Å². The summed E-state index contributed by atoms with van der Waals surface area (Å²) in [5.74, 6) is 1.38. The fourth-order valence-electron chi connectivity index (χ4n) is 1.60. The number of hydrogen-bond donors (Lipinski definition) is 1. The number of rotatable bonds is 3. The van der Waals surface area contributed by atoms with Gasteiger partial charge in [0.15, 0.2) is 5.82 Å². The van der Waals surface area contributed by atoms with Crippen molar-refractivity contribution in [1.29, 1.82) is 0 Å². The zero-order valence-corrected chi connectivity index (χ0v) is 10.0. The van der Waals surface area contributed by atoms with E-state index in [9.17, 15) is 0 Å². The first-order chi connectivity index (χ1) is 7.76. The summed E-state index contributed by atoms with van der Waals surface area (Å²) in [5.41, 5.74) is 8.63. The number of nitrogens with zero attached hydrogens (tertiary/aromatic N) is 2. The van der Waals surface area contributed by atoms with Crippen LogP contribution in [0.5, 0.6) is 5.75 Å². The van der Waals surface area contributed by atoms with Crippen LogP contribution in [0, 0.1) is 0 Å². The van der Waals surface area contributed by atoms with E-state index in [1.165, 1.54) is 0 Å². The van der Waals surface area contributed by atoms with E-state index in [-0.39, 0.29) is 0 Å². The van der Waals surface area contributed by atoms with E-state index >= 15 is 0 Å². The molecule has 2 N–H and O–H groups in total. The van der Waals surface area contributed by atoms with E-state index in [1.54, 1.807) is 7.11 Å². The Labute approximate surface area is 98.4 Å². The van der Waals surface area contributed by atoms with Crippen LogP contribution in [0.3, 0.4) is 0 Å². The summed E-state index contributed by atoms with van der Waals surface area (Å²) in [6.07, 6.45) is 0.911. The highest BCUT2D eigenvalue weighted by molar-refractivity contribution is 6.99. The predicted molar refractivity (Wildman–Crippen MR) is 65.7 cm³/mol. The lowest BCUT2D eigenvalue weighted by atomic mass is 10.1. The third-order valence-electron chi connectivity index (χ3n) is 2.45. The van der Waals surface area contributed by atoms with Crippen molar-refractivity contribution in [2.24, 2.45) is 0 Å². The number of hydrogen-bond acceptors (Lipinski definition) is 5. The first-order valence-electron chi connectivity index (χ1n) is 5.01. The van der Waals surface area contributed by atoms with Crippen molar-refractivity contribution in [1.82, 2.24) is 8.75 Å². The molecule has 1 aromatic carbocycles. The summed E-state index contributed by atoms with van der Waals surface area (Å²) in [5, 5.41) is 0. The second-order valence-corrected chi connectivity index (χ2v) is 3.91. The molecule has 16 heavy (non-hydrogen) atoms. The van der Waals surface area contributed by atoms with Gasteiger partial charge in [-0.2, -0.15) is 8.75 Å². The topological polar surface area (TPSA) is 61.0 Å². The molecule has 0 spiro atoms. The average Bonchev–Trinajstić information content (AvgIpc) is 2.74. The van der Waals surface area contributed by atoms with Crippen LogP contribution in [0.25, 0.3) is 11.3 Å². The van der Waals surface area contributed by atoms with Gasteiger partial charge in [0.25, 0.3) is 0 Å². The van der Waals surface area contributed by atoms with Gasteiger partial charge in [0.05, 0.1) is 18.8 Å². The minimum absolute atomic E-state index is 0.484. The van der Waals surface area contributed by atoms with Crippen LogP contribution in [0.2, 0.25) is 0 Å². The van der Waals surface area contributed by atoms with Crippen molar-refractivity contribution in [3.05, 3.63) is 23.8 Å². The first kappa shape index (κ1) is 10.9. The van der Waals surface area contributed by atoms with Crippen molar-refractivity contribution in [2.45, 2.75) is 13.3 Å². The SMILES string of the molecule is CCc1cc(-c2nsnc2N)ccc1OC. The largest absolute Gasteiger partial charge is 0.496 e. The number of aromatic nitrogens is 2. The molecule has 0 aliphatic carbocycles. The van der Waals surface area contributed by atoms with Crippen molar-refractivity contribution in [2.75, 3.05) is 12.8 Å². The number of nitrogens with two attached hydrogens (primary N) is 1. The normalized spacial score (nSPS) is 10.4. The highest BCUT2D eigenvalue weighted by Crippen LogP contribution is 2.28. The van der Waals surface area contributed by atoms with Gasteiger partial charge < -0.3 is 10.5 Å². The van der Waals surface area contributed by atoms with Crippen LogP contribution in [-0.2, 0) is 6.42 Å². The van der Waals surface area contributed by atoms with Gasteiger partial charge in [-0.05, 0) is 30.2 Å². The molecule has 0 amide bonds. The molecule has 0 aliphatic rings. The van der Waals surface area contributed by atoms with Crippen molar-refractivity contribution >= 4 is 17.5 Å². The summed E-state index contributed by atoms with van der Waals surface area (Å²) in [6, 6.07) is 5.93. The van der Waals surface area contributed by atoms with E-state index in [0.29, 0.717) is 5.82 Å².